The van der Waals surface area contributed by atoms with Crippen molar-refractivity contribution in [2.45, 2.75) is 6.54 Å². The Morgan fingerprint density at radius 2 is 1.62 bits per heavy atom. The van der Waals surface area contributed by atoms with E-state index in [1.54, 1.807) is 18.2 Å². The Bertz CT molecular complexity index is 683. The van der Waals surface area contributed by atoms with E-state index in [9.17, 15) is 10.2 Å². The van der Waals surface area contributed by atoms with Crippen molar-refractivity contribution in [2.24, 2.45) is 0 Å². The van der Waals surface area contributed by atoms with Gasteiger partial charge in [-0.3, -0.25) is 0 Å². The van der Waals surface area contributed by atoms with Crippen LogP contribution in [0.25, 0.3) is 0 Å². The number of hydrogen-bond acceptors (Lipinski definition) is 5. The quantitative estimate of drug-likeness (QED) is 0.749. The molecule has 1 aliphatic heterocycles. The number of rotatable bonds is 3. The number of anilines is 1. The molecule has 1 heterocycles. The molecule has 0 amide bonds. The van der Waals surface area contributed by atoms with Crippen LogP contribution in [0.2, 0.25) is 10.0 Å². The van der Waals surface area contributed by atoms with E-state index in [0.717, 1.165) is 0 Å². The third-order valence-electron chi connectivity index (χ3n) is 3.07. The Balaban J connectivity index is 1.79. The van der Waals surface area contributed by atoms with Crippen molar-refractivity contribution < 1.29 is 19.7 Å². The van der Waals surface area contributed by atoms with Crippen LogP contribution in [0.5, 0.6) is 23.0 Å². The maximum Gasteiger partial charge on any atom is 0.231 e. The summed E-state index contributed by atoms with van der Waals surface area (Å²) in [7, 11) is 0. The highest BCUT2D eigenvalue weighted by Gasteiger charge is 2.17. The summed E-state index contributed by atoms with van der Waals surface area (Å²) < 4.78 is 10.4. The van der Waals surface area contributed by atoms with Crippen LogP contribution in [0, 0.1) is 0 Å². The summed E-state index contributed by atoms with van der Waals surface area (Å²) >= 11 is 11.7. The Morgan fingerprint density at radius 3 is 2.29 bits per heavy atom. The van der Waals surface area contributed by atoms with Crippen LogP contribution in [0.4, 0.5) is 5.69 Å². The van der Waals surface area contributed by atoms with Gasteiger partial charge >= 0.3 is 0 Å². The monoisotopic (exact) mass is 327 g/mol. The lowest BCUT2D eigenvalue weighted by Gasteiger charge is -2.11. The Labute approximate surface area is 130 Å². The van der Waals surface area contributed by atoms with E-state index < -0.39 is 0 Å². The molecule has 1 aliphatic rings. The van der Waals surface area contributed by atoms with Gasteiger partial charge in [0.25, 0.3) is 0 Å². The van der Waals surface area contributed by atoms with Gasteiger partial charge in [0.1, 0.15) is 5.75 Å². The Kier molecular flexibility index (Phi) is 3.61. The molecule has 7 heteroatoms. The predicted octanol–water partition coefficient (Wildman–Crippen LogP) is 3.75. The highest BCUT2D eigenvalue weighted by atomic mass is 35.5. The van der Waals surface area contributed by atoms with Crippen molar-refractivity contribution in [1.29, 1.82) is 0 Å². The van der Waals surface area contributed by atoms with Gasteiger partial charge in [0.05, 0.1) is 10.0 Å². The minimum atomic E-state index is -0.158. The molecule has 0 bridgehead atoms. The fraction of sp³-hybridized carbons (Fsp3) is 0.143. The van der Waals surface area contributed by atoms with Gasteiger partial charge in [-0.25, -0.2) is 0 Å². The molecular formula is C14H11Cl2NO4. The number of phenolic OH excluding ortho intramolecular Hbond substituents is 2. The van der Waals surface area contributed by atoms with E-state index in [2.05, 4.69) is 5.32 Å². The van der Waals surface area contributed by atoms with Gasteiger partial charge in [-0.1, -0.05) is 23.2 Å². The van der Waals surface area contributed by atoms with Crippen LogP contribution >= 0.6 is 23.2 Å². The smallest absolute Gasteiger partial charge is 0.231 e. The normalized spacial score (nSPS) is 12.5. The first-order valence-corrected chi connectivity index (χ1v) is 6.83. The van der Waals surface area contributed by atoms with E-state index in [1.807, 2.05) is 0 Å². The van der Waals surface area contributed by atoms with E-state index in [1.165, 1.54) is 6.07 Å². The lowest BCUT2D eigenvalue weighted by atomic mass is 10.1. The zero-order valence-corrected chi connectivity index (χ0v) is 12.2. The molecule has 0 atom stereocenters. The van der Waals surface area contributed by atoms with Gasteiger partial charge in [-0.15, -0.1) is 0 Å². The highest BCUT2D eigenvalue weighted by Crippen LogP contribution is 2.38. The summed E-state index contributed by atoms with van der Waals surface area (Å²) in [6.07, 6.45) is 0. The van der Waals surface area contributed by atoms with Gasteiger partial charge in [-0.2, -0.15) is 0 Å². The fourth-order valence-electron chi connectivity index (χ4n) is 1.98. The number of nitrogens with one attached hydrogen (secondary N) is 1. The van der Waals surface area contributed by atoms with Crippen LogP contribution in [-0.4, -0.2) is 17.0 Å². The maximum absolute atomic E-state index is 9.94. The van der Waals surface area contributed by atoms with Crippen molar-refractivity contribution in [3.05, 3.63) is 39.9 Å². The summed E-state index contributed by atoms with van der Waals surface area (Å²) in [5, 5.41) is 22.8. The highest BCUT2D eigenvalue weighted by molar-refractivity contribution is 6.37. The molecule has 0 fully saturated rings. The van der Waals surface area contributed by atoms with Gasteiger partial charge in [-0.05, 0) is 18.2 Å². The van der Waals surface area contributed by atoms with E-state index in [4.69, 9.17) is 32.7 Å². The average Bonchev–Trinajstić information content (AvgIpc) is 2.89. The number of ether oxygens (including phenoxy) is 2. The summed E-state index contributed by atoms with van der Waals surface area (Å²) in [5.74, 6) is 1.05. The second-order valence-electron chi connectivity index (χ2n) is 4.48. The zero-order chi connectivity index (χ0) is 15.0. The first kappa shape index (κ1) is 14.0. The lowest BCUT2D eigenvalue weighted by molar-refractivity contribution is 0.174. The molecule has 0 saturated heterocycles. The summed E-state index contributed by atoms with van der Waals surface area (Å²) in [6, 6.07) is 6.31. The van der Waals surface area contributed by atoms with Crippen molar-refractivity contribution in [2.75, 3.05) is 12.1 Å². The largest absolute Gasteiger partial charge is 0.507 e. The predicted molar refractivity (Wildman–Crippen MR) is 79.7 cm³/mol. The molecule has 3 N–H and O–H groups in total. The zero-order valence-electron chi connectivity index (χ0n) is 10.7. The molecule has 3 rings (SSSR count). The second kappa shape index (κ2) is 5.42. The average molecular weight is 328 g/mol. The molecule has 0 saturated carbocycles. The van der Waals surface area contributed by atoms with Gasteiger partial charge in [0.2, 0.25) is 6.79 Å². The van der Waals surface area contributed by atoms with Gasteiger partial charge < -0.3 is 25.0 Å². The van der Waals surface area contributed by atoms with Crippen molar-refractivity contribution in [3.63, 3.8) is 0 Å². The summed E-state index contributed by atoms with van der Waals surface area (Å²) in [6.45, 7) is 0.481. The number of hydrogen-bond donors (Lipinski definition) is 3. The summed E-state index contributed by atoms with van der Waals surface area (Å²) in [4.78, 5) is 0. The maximum atomic E-state index is 9.94. The first-order chi connectivity index (χ1) is 10.0. The molecule has 0 radical (unpaired) electrons. The molecule has 0 spiro atoms. The van der Waals surface area contributed by atoms with Gasteiger partial charge in [0.15, 0.2) is 17.2 Å². The minimum Gasteiger partial charge on any atom is -0.507 e. The number of benzene rings is 2. The van der Waals surface area contributed by atoms with Crippen LogP contribution in [-0.2, 0) is 6.54 Å². The Hall–Kier alpha value is -1.98. The third kappa shape index (κ3) is 2.75. The molecule has 0 aliphatic carbocycles. The summed E-state index contributed by atoms with van der Waals surface area (Å²) in [5.41, 5.74) is 1.26. The number of phenols is 2. The first-order valence-electron chi connectivity index (χ1n) is 6.08. The Morgan fingerprint density at radius 1 is 1.00 bits per heavy atom. The van der Waals surface area contributed by atoms with Crippen LogP contribution in [0.1, 0.15) is 5.56 Å². The van der Waals surface area contributed by atoms with E-state index in [-0.39, 0.29) is 28.3 Å². The van der Waals surface area contributed by atoms with E-state index in [0.29, 0.717) is 29.3 Å². The van der Waals surface area contributed by atoms with Crippen LogP contribution in [0.3, 0.4) is 0 Å². The molecule has 0 unspecified atom stereocenters. The second-order valence-corrected chi connectivity index (χ2v) is 5.29. The van der Waals surface area contributed by atoms with Crippen molar-refractivity contribution >= 4 is 28.9 Å². The van der Waals surface area contributed by atoms with Crippen LogP contribution < -0.4 is 14.8 Å². The molecule has 5 nitrogen and oxygen atoms in total. The molecule has 110 valence electrons. The molecule has 2 aromatic carbocycles. The lowest BCUT2D eigenvalue weighted by Crippen LogP contribution is -2.00. The van der Waals surface area contributed by atoms with Crippen molar-refractivity contribution in [3.8, 4) is 23.0 Å². The number of halogens is 2. The molecule has 2 aromatic rings. The number of aromatic hydroxyl groups is 2. The van der Waals surface area contributed by atoms with Gasteiger partial charge in [0, 0.05) is 23.9 Å². The topological polar surface area (TPSA) is 71.0 Å². The fourth-order valence-corrected chi connectivity index (χ4v) is 2.47. The third-order valence-corrected chi connectivity index (χ3v) is 3.65. The van der Waals surface area contributed by atoms with Crippen LogP contribution in [0.15, 0.2) is 24.3 Å². The minimum absolute atomic E-state index is 0.0997. The molecular weight excluding hydrogens is 317 g/mol. The molecule has 0 aromatic heterocycles. The number of fused-ring (bicyclic) bond motifs is 1. The molecule has 21 heavy (non-hydrogen) atoms. The standard InChI is InChI=1S/C14H11Cl2NO4/c15-9-2-8(3-10(16)14(9)19)17-5-7-1-12-13(4-11(7)18)21-6-20-12/h1-4,17-19H,5-6H2. The SMILES string of the molecule is Oc1cc2c(cc1CNc1cc(Cl)c(O)c(Cl)c1)OCO2. The van der Waals surface area contributed by atoms with Crippen molar-refractivity contribution in [1.82, 2.24) is 0 Å². The van der Waals surface area contributed by atoms with E-state index >= 15 is 0 Å².